The van der Waals surface area contributed by atoms with E-state index in [1.54, 1.807) is 24.5 Å². The van der Waals surface area contributed by atoms with Crippen LogP contribution < -0.4 is 19.2 Å². The summed E-state index contributed by atoms with van der Waals surface area (Å²) < 4.78 is 42.8. The predicted molar refractivity (Wildman–Crippen MR) is 261 cm³/mol. The van der Waals surface area contributed by atoms with Crippen LogP contribution in [0.4, 0.5) is 5.69 Å². The maximum atomic E-state index is 14.0. The number of carbonyl (C=O) groups is 1. The van der Waals surface area contributed by atoms with E-state index in [1.807, 2.05) is 36.4 Å². The smallest absolute Gasteiger partial charge is 0.268 e. The third-order valence-corrected chi connectivity index (χ3v) is 16.2. The highest BCUT2D eigenvalue weighted by atomic mass is 35.5. The first-order valence-corrected chi connectivity index (χ1v) is 26.0. The van der Waals surface area contributed by atoms with Gasteiger partial charge in [-0.3, -0.25) is 14.6 Å². The molecular formula is C51H59Cl2N7O6S. The molecule has 0 radical (unpaired) electrons. The molecule has 3 aromatic heterocycles. The Bertz CT molecular complexity index is 2740. The zero-order valence-corrected chi connectivity index (χ0v) is 40.5. The highest BCUT2D eigenvalue weighted by molar-refractivity contribution is 7.90. The molecule has 2 aromatic carbocycles. The van der Waals surface area contributed by atoms with Crippen molar-refractivity contribution in [2.75, 3.05) is 57.4 Å². The minimum Gasteiger partial charge on any atom is -0.476 e. The van der Waals surface area contributed by atoms with Crippen molar-refractivity contribution in [1.82, 2.24) is 29.2 Å². The van der Waals surface area contributed by atoms with Gasteiger partial charge in [0.2, 0.25) is 5.88 Å². The zero-order valence-electron chi connectivity index (χ0n) is 38.2. The first-order valence-electron chi connectivity index (χ1n) is 23.8. The van der Waals surface area contributed by atoms with Gasteiger partial charge in [-0.15, -0.1) is 0 Å². The van der Waals surface area contributed by atoms with E-state index in [0.29, 0.717) is 36.3 Å². The normalized spacial score (nSPS) is 21.7. The summed E-state index contributed by atoms with van der Waals surface area (Å²) in [5.41, 5.74) is 5.84. The highest BCUT2D eigenvalue weighted by Gasteiger charge is 2.42. The van der Waals surface area contributed by atoms with Gasteiger partial charge in [0.05, 0.1) is 37.6 Å². The Hall–Kier alpha value is -4.70. The number of aromatic nitrogens is 3. The summed E-state index contributed by atoms with van der Waals surface area (Å²) in [7, 11) is -4.41. The Morgan fingerprint density at radius 1 is 0.910 bits per heavy atom. The fourth-order valence-electron chi connectivity index (χ4n) is 10.4. The largest absolute Gasteiger partial charge is 0.476 e. The number of carbonyl (C=O) groups excluding carboxylic acids is 1. The van der Waals surface area contributed by atoms with E-state index in [1.165, 1.54) is 46.5 Å². The molecule has 3 aliphatic carbocycles. The van der Waals surface area contributed by atoms with Gasteiger partial charge in [-0.2, -0.15) is 4.73 Å². The van der Waals surface area contributed by atoms with Crippen LogP contribution in [0.3, 0.4) is 0 Å². The quantitative estimate of drug-likeness (QED) is 0.108. The Kier molecular flexibility index (Phi) is 13.3. The molecule has 5 heterocycles. The van der Waals surface area contributed by atoms with Gasteiger partial charge in [-0.25, -0.2) is 23.1 Å². The van der Waals surface area contributed by atoms with Crippen molar-refractivity contribution < 1.29 is 27.5 Å². The zero-order chi connectivity index (χ0) is 46.3. The lowest BCUT2D eigenvalue weighted by Gasteiger charge is -2.45. The summed E-state index contributed by atoms with van der Waals surface area (Å²) in [6, 6.07) is 22.2. The van der Waals surface area contributed by atoms with Crippen LogP contribution in [0.1, 0.15) is 87.6 Å². The van der Waals surface area contributed by atoms with Gasteiger partial charge in [0.15, 0.2) is 11.4 Å². The molecule has 2 saturated carbocycles. The summed E-state index contributed by atoms with van der Waals surface area (Å²) in [5, 5.41) is 1.64. The number of amides is 1. The monoisotopic (exact) mass is 967 g/mol. The Balaban J connectivity index is 0.805. The number of fused-ring (bicyclic) bond motifs is 1. The number of hydrogen-bond donors (Lipinski definition) is 1. The number of pyridine rings is 2. The van der Waals surface area contributed by atoms with Crippen LogP contribution in [0.5, 0.6) is 11.6 Å². The van der Waals surface area contributed by atoms with Gasteiger partial charge in [-0.05, 0) is 129 Å². The van der Waals surface area contributed by atoms with Crippen molar-refractivity contribution in [3.8, 4) is 11.6 Å². The van der Waals surface area contributed by atoms with E-state index in [9.17, 15) is 13.2 Å². The first-order chi connectivity index (χ1) is 32.4. The summed E-state index contributed by atoms with van der Waals surface area (Å²) in [6.07, 6.45) is 14.7. The number of anilines is 1. The van der Waals surface area contributed by atoms with E-state index < -0.39 is 15.9 Å². The van der Waals surface area contributed by atoms with Crippen LogP contribution in [-0.2, 0) is 14.8 Å². The van der Waals surface area contributed by atoms with Gasteiger partial charge >= 0.3 is 0 Å². The van der Waals surface area contributed by atoms with E-state index in [0.717, 1.165) is 107 Å². The van der Waals surface area contributed by atoms with E-state index in [2.05, 4.69) is 55.4 Å². The second-order valence-electron chi connectivity index (χ2n) is 19.8. The number of benzene rings is 2. The molecule has 0 bridgehead atoms. The molecule has 1 amide bonds. The minimum atomic E-state index is -4.41. The van der Waals surface area contributed by atoms with Crippen LogP contribution >= 0.6 is 23.2 Å². The molecule has 5 aromatic rings. The number of rotatable bonds is 15. The van der Waals surface area contributed by atoms with Crippen LogP contribution in [0.15, 0.2) is 95.8 Å². The molecule has 2 aliphatic heterocycles. The average molecular weight is 969 g/mol. The topological polar surface area (TPSA) is 131 Å². The number of halogens is 2. The molecule has 67 heavy (non-hydrogen) atoms. The molecule has 5 aliphatic rings. The van der Waals surface area contributed by atoms with Crippen molar-refractivity contribution in [3.63, 3.8) is 0 Å². The summed E-state index contributed by atoms with van der Waals surface area (Å²) in [4.78, 5) is 36.4. The number of allylic oxidation sites excluding steroid dienone is 1. The third-order valence-electron chi connectivity index (χ3n) is 14.4. The van der Waals surface area contributed by atoms with Crippen LogP contribution in [-0.4, -0.2) is 109 Å². The summed E-state index contributed by atoms with van der Waals surface area (Å²) in [6.45, 7) is 11.0. The van der Waals surface area contributed by atoms with Gasteiger partial charge in [0.1, 0.15) is 9.92 Å². The molecule has 1 N–H and O–H groups in total. The number of hydrogen-bond acceptors (Lipinski definition) is 11. The molecule has 0 unspecified atom stereocenters. The molecule has 4 fully saturated rings. The Morgan fingerprint density at radius 2 is 1.66 bits per heavy atom. The SMILES string of the molecule is CC1(C)CCC(CN2CCN(c3ccc(C(=O)NS(=O)(=O)c4cnc(OCC5CCC(N(C6CC6)C6COC6)CC5)c(Cl)c4)c(On4ccc5cccnc54)c3)CC2)=C(c2ccc(Cl)cc2)C1. The molecule has 16 heteroatoms. The molecule has 0 atom stereocenters. The van der Waals surface area contributed by atoms with E-state index in [-0.39, 0.29) is 32.5 Å². The number of nitrogens with zero attached hydrogens (tertiary/aromatic N) is 6. The fourth-order valence-corrected chi connectivity index (χ4v) is 11.7. The fraction of sp³-hybridized carbons (Fsp3) is 0.471. The third kappa shape index (κ3) is 10.5. The van der Waals surface area contributed by atoms with Crippen molar-refractivity contribution in [3.05, 3.63) is 112 Å². The Morgan fingerprint density at radius 3 is 2.36 bits per heavy atom. The van der Waals surface area contributed by atoms with Crippen LogP contribution in [0.2, 0.25) is 10.0 Å². The van der Waals surface area contributed by atoms with Crippen molar-refractivity contribution in [1.29, 1.82) is 0 Å². The second-order valence-corrected chi connectivity index (χ2v) is 22.3. The number of piperazine rings is 1. The minimum absolute atomic E-state index is 0.0284. The number of ether oxygens (including phenoxy) is 2. The lowest BCUT2D eigenvalue weighted by molar-refractivity contribution is -0.0896. The molecule has 10 rings (SSSR count). The van der Waals surface area contributed by atoms with Crippen LogP contribution in [0.25, 0.3) is 16.6 Å². The average Bonchev–Trinajstić information content (AvgIpc) is 4.07. The van der Waals surface area contributed by atoms with Crippen molar-refractivity contribution >= 4 is 61.4 Å². The number of sulfonamides is 1. The molecular weight excluding hydrogens is 910 g/mol. The van der Waals surface area contributed by atoms with E-state index >= 15 is 0 Å². The predicted octanol–water partition coefficient (Wildman–Crippen LogP) is 9.29. The van der Waals surface area contributed by atoms with Crippen LogP contribution in [0, 0.1) is 11.3 Å². The first kappa shape index (κ1) is 46.1. The van der Waals surface area contributed by atoms with E-state index in [4.69, 9.17) is 37.5 Å². The molecule has 354 valence electrons. The lowest BCUT2D eigenvalue weighted by Crippen LogP contribution is -2.55. The highest BCUT2D eigenvalue weighted by Crippen LogP contribution is 2.44. The molecule has 2 saturated heterocycles. The van der Waals surface area contributed by atoms with Crippen molar-refractivity contribution in [2.45, 2.75) is 94.7 Å². The van der Waals surface area contributed by atoms with Gasteiger partial charge in [-0.1, -0.05) is 54.8 Å². The van der Waals surface area contributed by atoms with Gasteiger partial charge < -0.3 is 19.2 Å². The standard InChI is InChI=1S/C51H59Cl2N7O6S/c1-51(2)19-17-37(45(28-51)35-7-9-38(52)10-8-35)30-57-22-24-58(25-23-57)41-15-16-44(47(26-41)66-59-21-18-36-4-3-20-54-48(36)59)49(61)56-67(62,63)43-27-46(53)50(55-29-43)65-31-34-5-11-39(12-6-34)60(40-13-14-40)42-32-64-33-42/h3-4,7-10,15-16,18,20-21,26-27,29,34,39-40,42H,5-6,11-14,17,19,22-25,28,30-33H2,1-2H3,(H,56,61). The maximum absolute atomic E-state index is 14.0. The van der Waals surface area contributed by atoms with Crippen molar-refractivity contribution in [2.24, 2.45) is 11.3 Å². The second kappa shape index (κ2) is 19.4. The lowest BCUT2D eigenvalue weighted by atomic mass is 9.72. The Labute approximate surface area is 403 Å². The molecule has 13 nitrogen and oxygen atoms in total. The maximum Gasteiger partial charge on any atom is 0.268 e. The van der Waals surface area contributed by atoms with Gasteiger partial charge in [0, 0.05) is 79.4 Å². The summed E-state index contributed by atoms with van der Waals surface area (Å²) >= 11 is 12.9. The number of nitrogens with one attached hydrogen (secondary N) is 1. The summed E-state index contributed by atoms with van der Waals surface area (Å²) in [5.74, 6) is -0.175. The van der Waals surface area contributed by atoms with Gasteiger partial charge in [0.25, 0.3) is 15.9 Å². The molecule has 0 spiro atoms.